The summed E-state index contributed by atoms with van der Waals surface area (Å²) >= 11 is 0. The summed E-state index contributed by atoms with van der Waals surface area (Å²) in [5.41, 5.74) is 1.10. The van der Waals surface area contributed by atoms with Crippen molar-refractivity contribution >= 4 is 18.9 Å². The van der Waals surface area contributed by atoms with Gasteiger partial charge in [-0.25, -0.2) is 4.79 Å². The van der Waals surface area contributed by atoms with Crippen LogP contribution in [0.25, 0.3) is 0 Å². The molecule has 5 nitrogen and oxygen atoms in total. The minimum Gasteiger partial charge on any atom is -0.465 e. The minimum atomic E-state index is -1.13. The molecule has 1 aliphatic rings. The van der Waals surface area contributed by atoms with E-state index in [-0.39, 0.29) is 11.2 Å². The number of ether oxygens (including phenoxy) is 1. The van der Waals surface area contributed by atoms with Crippen LogP contribution in [-0.2, 0) is 24.9 Å². The lowest BCUT2D eigenvalue weighted by molar-refractivity contribution is 0.00578. The molecule has 36 heavy (non-hydrogen) atoms. The number of hydrogen-bond donors (Lipinski definition) is 0. The second-order valence-electron chi connectivity index (χ2n) is 11.6. The Hall–Kier alpha value is -2.70. The van der Waals surface area contributed by atoms with Gasteiger partial charge in [0.1, 0.15) is 0 Å². The van der Waals surface area contributed by atoms with E-state index in [1.807, 2.05) is 58.9 Å². The normalized spacial score (nSPS) is 18.4. The molecule has 0 bridgehead atoms. The van der Waals surface area contributed by atoms with Gasteiger partial charge in [0.05, 0.1) is 29.3 Å². The Bertz CT molecular complexity index is 1120. The number of carbonyl (C=O) groups excluding carboxylic acids is 2. The highest BCUT2D eigenvalue weighted by Gasteiger charge is 2.57. The molecule has 0 aliphatic carbocycles. The molecule has 0 spiro atoms. The van der Waals surface area contributed by atoms with Crippen LogP contribution in [0.3, 0.4) is 0 Å². The van der Waals surface area contributed by atoms with E-state index in [2.05, 4.69) is 27.4 Å². The van der Waals surface area contributed by atoms with Crippen LogP contribution in [0.2, 0.25) is 0 Å². The zero-order valence-electron chi connectivity index (χ0n) is 23.2. The zero-order chi connectivity index (χ0) is 27.1. The Morgan fingerprint density at radius 2 is 1.31 bits per heavy atom. The van der Waals surface area contributed by atoms with Gasteiger partial charge in [-0.3, -0.25) is 4.79 Å². The van der Waals surface area contributed by atoms with Crippen molar-refractivity contribution in [1.82, 2.24) is 0 Å². The van der Waals surface area contributed by atoms with Gasteiger partial charge in [0.25, 0.3) is 0 Å². The number of carbonyl (C=O) groups is 2. The summed E-state index contributed by atoms with van der Waals surface area (Å²) in [7, 11) is 0.574. The lowest BCUT2D eigenvalue weighted by atomic mass is 9.56. The first-order valence-corrected chi connectivity index (χ1v) is 12.5. The summed E-state index contributed by atoms with van der Waals surface area (Å²) in [6.07, 6.45) is 0.438. The topological polar surface area (TPSA) is 61.8 Å². The third-order valence-electron chi connectivity index (χ3n) is 7.82. The fourth-order valence-corrected chi connectivity index (χ4v) is 4.62. The number of Topliss-reactive ketones (excluding diaryl/α,β-unsaturated/α-hetero) is 1. The quantitative estimate of drug-likeness (QED) is 0.252. The maximum Gasteiger partial charge on any atom is 0.491 e. The largest absolute Gasteiger partial charge is 0.491 e. The van der Waals surface area contributed by atoms with E-state index in [1.165, 1.54) is 7.11 Å². The molecule has 1 atom stereocenters. The number of benzene rings is 2. The molecule has 0 amide bonds. The lowest BCUT2D eigenvalue weighted by Crippen LogP contribution is -2.44. The highest BCUT2D eigenvalue weighted by atomic mass is 16.7. The fraction of sp³-hybridized carbons (Fsp3) is 0.467. The van der Waals surface area contributed by atoms with Gasteiger partial charge in [-0.1, -0.05) is 64.1 Å². The summed E-state index contributed by atoms with van der Waals surface area (Å²) in [6.45, 7) is 20.7. The molecule has 0 aromatic heterocycles. The standard InChI is InChI=1S/C30H39BO5/c1-11-30(24-18-14-22(15-19-24)26(33)34-10,20(2)31-35-28(6,7)29(8,9)36-31)25(32)21-12-16-23(17-13-21)27(3,4)5/h12-19H,2,11H2,1,3-10H3/t30-/m1/s1. The van der Waals surface area contributed by atoms with E-state index >= 15 is 0 Å². The maximum absolute atomic E-state index is 14.4. The third-order valence-corrected chi connectivity index (χ3v) is 7.82. The van der Waals surface area contributed by atoms with Crippen molar-refractivity contribution in [2.45, 2.75) is 83.8 Å². The summed E-state index contributed by atoms with van der Waals surface area (Å²) in [5.74, 6) is -0.520. The molecule has 0 unspecified atom stereocenters. The highest BCUT2D eigenvalue weighted by Crippen LogP contribution is 2.46. The monoisotopic (exact) mass is 490 g/mol. The smallest absolute Gasteiger partial charge is 0.465 e. The zero-order valence-corrected chi connectivity index (χ0v) is 23.2. The van der Waals surface area contributed by atoms with Crippen LogP contribution in [0.5, 0.6) is 0 Å². The molecule has 3 rings (SSSR count). The third kappa shape index (κ3) is 4.81. The average molecular weight is 490 g/mol. The number of esters is 1. The van der Waals surface area contributed by atoms with E-state index in [0.717, 1.165) is 11.1 Å². The van der Waals surface area contributed by atoms with Crippen molar-refractivity contribution in [3.05, 3.63) is 82.8 Å². The predicted molar refractivity (Wildman–Crippen MR) is 144 cm³/mol. The van der Waals surface area contributed by atoms with E-state index in [1.54, 1.807) is 24.3 Å². The second kappa shape index (κ2) is 9.64. The Balaban J connectivity index is 2.15. The van der Waals surface area contributed by atoms with Gasteiger partial charge in [-0.2, -0.15) is 0 Å². The van der Waals surface area contributed by atoms with Gasteiger partial charge in [0, 0.05) is 5.56 Å². The number of rotatable bonds is 7. The van der Waals surface area contributed by atoms with Crippen molar-refractivity contribution in [2.75, 3.05) is 7.11 Å². The van der Waals surface area contributed by atoms with Gasteiger partial charge < -0.3 is 14.0 Å². The van der Waals surface area contributed by atoms with Crippen LogP contribution in [-0.4, -0.2) is 37.2 Å². The molecule has 2 aromatic carbocycles. The van der Waals surface area contributed by atoms with Crippen LogP contribution in [0.15, 0.2) is 60.6 Å². The summed E-state index contributed by atoms with van der Waals surface area (Å²) in [6, 6.07) is 14.7. The Kier molecular flexibility index (Phi) is 7.47. The molecule has 1 heterocycles. The summed E-state index contributed by atoms with van der Waals surface area (Å²) in [4.78, 5) is 26.4. The SMILES string of the molecule is C=C(B1OC(C)(C)C(C)(C)O1)[C@@](CC)(C(=O)c1ccc(C(C)(C)C)cc1)c1ccc(C(=O)OC)cc1. The van der Waals surface area contributed by atoms with Gasteiger partial charge in [-0.15, -0.1) is 6.58 Å². The Morgan fingerprint density at radius 1 is 0.861 bits per heavy atom. The summed E-state index contributed by atoms with van der Waals surface area (Å²) < 4.78 is 17.5. The molecule has 0 saturated carbocycles. The minimum absolute atomic E-state index is 0.0283. The maximum atomic E-state index is 14.4. The van der Waals surface area contributed by atoms with Crippen LogP contribution in [0, 0.1) is 0 Å². The molecular formula is C30H39BO5. The van der Waals surface area contributed by atoms with E-state index in [0.29, 0.717) is 23.0 Å². The lowest BCUT2D eigenvalue weighted by Gasteiger charge is -2.35. The molecule has 1 fully saturated rings. The van der Waals surface area contributed by atoms with Crippen LogP contribution in [0.1, 0.15) is 93.7 Å². The fourth-order valence-electron chi connectivity index (χ4n) is 4.62. The Morgan fingerprint density at radius 3 is 1.72 bits per heavy atom. The van der Waals surface area contributed by atoms with Crippen LogP contribution < -0.4 is 0 Å². The molecular weight excluding hydrogens is 451 g/mol. The highest BCUT2D eigenvalue weighted by molar-refractivity contribution is 6.56. The molecule has 2 aromatic rings. The Labute approximate surface area is 216 Å². The molecule has 0 radical (unpaired) electrons. The van der Waals surface area contributed by atoms with Crippen LogP contribution >= 0.6 is 0 Å². The molecule has 1 saturated heterocycles. The van der Waals surface area contributed by atoms with Crippen molar-refractivity contribution in [1.29, 1.82) is 0 Å². The average Bonchev–Trinajstić information content (AvgIpc) is 3.05. The van der Waals surface area contributed by atoms with Gasteiger partial charge in [0.15, 0.2) is 5.78 Å². The predicted octanol–water partition coefficient (Wildman–Crippen LogP) is 6.49. The van der Waals surface area contributed by atoms with Gasteiger partial charge in [-0.05, 0) is 68.3 Å². The first-order valence-electron chi connectivity index (χ1n) is 12.5. The number of ketones is 1. The number of hydrogen-bond acceptors (Lipinski definition) is 5. The van der Waals surface area contributed by atoms with Gasteiger partial charge in [0.2, 0.25) is 0 Å². The number of methoxy groups -OCH3 is 1. The molecule has 1 aliphatic heterocycles. The van der Waals surface area contributed by atoms with E-state index < -0.39 is 29.7 Å². The first kappa shape index (κ1) is 27.9. The van der Waals surface area contributed by atoms with E-state index in [9.17, 15) is 9.59 Å². The van der Waals surface area contributed by atoms with Crippen molar-refractivity contribution < 1.29 is 23.6 Å². The van der Waals surface area contributed by atoms with Crippen LogP contribution in [0.4, 0.5) is 0 Å². The van der Waals surface area contributed by atoms with Crippen molar-refractivity contribution in [2.24, 2.45) is 0 Å². The van der Waals surface area contributed by atoms with Crippen molar-refractivity contribution in [3.8, 4) is 0 Å². The van der Waals surface area contributed by atoms with Crippen molar-refractivity contribution in [3.63, 3.8) is 0 Å². The number of allylic oxidation sites excluding steroid dienone is 1. The van der Waals surface area contributed by atoms with Gasteiger partial charge >= 0.3 is 13.1 Å². The summed E-state index contributed by atoms with van der Waals surface area (Å²) in [5, 5.41) is 0. The molecule has 6 heteroatoms. The molecule has 192 valence electrons. The first-order chi connectivity index (χ1) is 16.6. The van der Waals surface area contributed by atoms with E-state index in [4.69, 9.17) is 14.0 Å². The molecule has 0 N–H and O–H groups in total. The second-order valence-corrected chi connectivity index (χ2v) is 11.6.